The first-order chi connectivity index (χ1) is 9.31. The average molecular weight is 234 g/mol. The summed E-state index contributed by atoms with van der Waals surface area (Å²) in [6, 6.07) is 17.0. The van der Waals surface area contributed by atoms with E-state index in [1.165, 1.54) is 0 Å². The molecule has 1 aromatic heterocycles. The van der Waals surface area contributed by atoms with Gasteiger partial charge in [-0.05, 0) is 30.2 Å². The van der Waals surface area contributed by atoms with E-state index >= 15 is 0 Å². The van der Waals surface area contributed by atoms with Gasteiger partial charge in [0.15, 0.2) is 0 Å². The summed E-state index contributed by atoms with van der Waals surface area (Å²) in [6.07, 6.45) is 2.55. The fourth-order valence-electron chi connectivity index (χ4n) is 2.04. The number of hydrogen-bond acceptors (Lipinski definition) is 1. The van der Waals surface area contributed by atoms with Gasteiger partial charge in [0.1, 0.15) is 11.3 Å². The van der Waals surface area contributed by atoms with Crippen LogP contribution in [-0.4, -0.2) is 0 Å². The molecule has 3 rings (SSSR count). The lowest BCUT2D eigenvalue weighted by atomic mass is 10.0. The van der Waals surface area contributed by atoms with Crippen LogP contribution < -0.4 is 0 Å². The van der Waals surface area contributed by atoms with Gasteiger partial charge in [-0.15, -0.1) is 6.58 Å². The van der Waals surface area contributed by atoms with Crippen molar-refractivity contribution in [2.24, 2.45) is 0 Å². The van der Waals surface area contributed by atoms with Crippen LogP contribution in [0.5, 0.6) is 0 Å². The van der Waals surface area contributed by atoms with E-state index in [1.54, 1.807) is 0 Å². The van der Waals surface area contributed by atoms with Crippen molar-refractivity contribution in [3.8, 4) is 11.3 Å². The molecule has 0 amide bonds. The van der Waals surface area contributed by atoms with Gasteiger partial charge in [-0.1, -0.05) is 42.5 Å². The van der Waals surface area contributed by atoms with Crippen molar-refractivity contribution in [2.75, 3.05) is 0 Å². The molecule has 1 nitrogen and oxygen atoms in total. The third-order valence-electron chi connectivity index (χ3n) is 2.88. The maximum atomic E-state index is 8.25. The molecule has 0 unspecified atom stereocenters. The number of para-hydroxylation sites is 1. The van der Waals surface area contributed by atoms with Gasteiger partial charge in [0, 0.05) is 10.9 Å². The molecule has 0 bridgehead atoms. The van der Waals surface area contributed by atoms with E-state index in [4.69, 9.17) is 5.79 Å². The topological polar surface area (TPSA) is 13.1 Å². The van der Waals surface area contributed by atoms with E-state index in [2.05, 4.69) is 12.6 Å². The Bertz CT molecular complexity index is 740. The summed E-state index contributed by atoms with van der Waals surface area (Å²) in [7, 11) is 0. The number of furan rings is 1. The van der Waals surface area contributed by atoms with Crippen LogP contribution in [-0.2, 0) is 6.42 Å². The second kappa shape index (κ2) is 4.53. The number of benzene rings is 2. The Kier molecular flexibility index (Phi) is 2.45. The fraction of sp³-hybridized carbons (Fsp3) is 0.0588. The molecule has 0 saturated carbocycles. The van der Waals surface area contributed by atoms with Crippen molar-refractivity contribution in [1.82, 2.24) is 0 Å². The Morgan fingerprint density at radius 2 is 2.17 bits per heavy atom. The lowest BCUT2D eigenvalue weighted by Crippen LogP contribution is -1.86. The normalized spacial score (nSPS) is 11.4. The third kappa shape index (κ3) is 1.84. The van der Waals surface area contributed by atoms with E-state index in [0.717, 1.165) is 22.1 Å². The molecular weight excluding hydrogens is 220 g/mol. The van der Waals surface area contributed by atoms with Crippen molar-refractivity contribution >= 4 is 11.0 Å². The first-order valence-corrected chi connectivity index (χ1v) is 5.90. The van der Waals surface area contributed by atoms with E-state index in [1.807, 2.05) is 48.5 Å². The maximum absolute atomic E-state index is 8.25. The Morgan fingerprint density at radius 3 is 3.00 bits per heavy atom. The Balaban J connectivity index is 2.24. The third-order valence-corrected chi connectivity index (χ3v) is 2.88. The highest BCUT2D eigenvalue weighted by atomic mass is 16.3. The van der Waals surface area contributed by atoms with Gasteiger partial charge < -0.3 is 4.42 Å². The number of rotatable bonds is 3. The van der Waals surface area contributed by atoms with E-state index in [0.29, 0.717) is 18.2 Å². The minimum Gasteiger partial charge on any atom is -0.456 e. The van der Waals surface area contributed by atoms with Crippen molar-refractivity contribution < 1.29 is 5.79 Å². The van der Waals surface area contributed by atoms with Crippen LogP contribution in [0.15, 0.2) is 65.6 Å². The fourth-order valence-corrected chi connectivity index (χ4v) is 2.04. The molecule has 1 heteroatoms. The van der Waals surface area contributed by atoms with Crippen molar-refractivity contribution in [2.45, 2.75) is 6.42 Å². The van der Waals surface area contributed by atoms with Gasteiger partial charge in [-0.3, -0.25) is 0 Å². The Labute approximate surface area is 108 Å². The summed E-state index contributed by atoms with van der Waals surface area (Å²) in [5.41, 5.74) is 2.67. The summed E-state index contributed by atoms with van der Waals surface area (Å²) in [6.45, 7) is 3.76. The van der Waals surface area contributed by atoms with Gasteiger partial charge in [0.05, 0.1) is 1.37 Å². The summed E-state index contributed by atoms with van der Waals surface area (Å²) in [5.74, 6) is 0.606. The Hall–Kier alpha value is -2.28. The molecular formula is C17H13O. The lowest BCUT2D eigenvalue weighted by molar-refractivity contribution is 0.631. The molecule has 0 saturated heterocycles. The van der Waals surface area contributed by atoms with E-state index in [9.17, 15) is 0 Å². The molecule has 0 aliphatic rings. The van der Waals surface area contributed by atoms with Crippen molar-refractivity contribution in [3.05, 3.63) is 72.8 Å². The van der Waals surface area contributed by atoms with Gasteiger partial charge >= 0.3 is 0 Å². The Morgan fingerprint density at radius 1 is 1.28 bits per heavy atom. The van der Waals surface area contributed by atoms with Crippen LogP contribution in [0.1, 0.15) is 6.93 Å². The summed E-state index contributed by atoms with van der Waals surface area (Å²) >= 11 is 0. The predicted octanol–water partition coefficient (Wildman–Crippen LogP) is 4.63. The number of allylic oxidation sites excluding steroid dienone is 1. The first-order valence-electron chi connectivity index (χ1n) is 6.40. The van der Waals surface area contributed by atoms with Crippen LogP contribution in [0.25, 0.3) is 22.3 Å². The van der Waals surface area contributed by atoms with Gasteiger partial charge in [0.2, 0.25) is 0 Å². The molecule has 1 heterocycles. The summed E-state index contributed by atoms with van der Waals surface area (Å²) in [4.78, 5) is 0. The summed E-state index contributed by atoms with van der Waals surface area (Å²) in [5, 5.41) is 0.839. The van der Waals surface area contributed by atoms with Crippen LogP contribution in [0.4, 0.5) is 0 Å². The molecule has 1 radical (unpaired) electrons. The number of hydrogen-bond donors (Lipinski definition) is 0. The quantitative estimate of drug-likeness (QED) is 0.602. The molecule has 0 atom stereocenters. The minimum atomic E-state index is 0.431. The molecule has 0 spiro atoms. The lowest BCUT2D eigenvalue weighted by Gasteiger charge is -2.03. The molecule has 3 aromatic rings. The SMILES string of the molecule is [2H]c1c(-c2ccc[c]c2CC=C)oc2ccccc12. The monoisotopic (exact) mass is 234 g/mol. The zero-order valence-electron chi connectivity index (χ0n) is 10.9. The standard InChI is InChI=1S/C17H13O/c1-2-7-13-8-3-5-10-15(13)17-12-14-9-4-6-11-16(14)18-17/h2-6,9-12H,1,7H2/i12D. The van der Waals surface area contributed by atoms with Crippen LogP contribution in [0, 0.1) is 6.07 Å². The highest BCUT2D eigenvalue weighted by Crippen LogP contribution is 2.30. The average Bonchev–Trinajstić information content (AvgIpc) is 2.78. The number of fused-ring (bicyclic) bond motifs is 1. The second-order valence-electron chi connectivity index (χ2n) is 4.11. The van der Waals surface area contributed by atoms with Crippen LogP contribution >= 0.6 is 0 Å². The predicted molar refractivity (Wildman–Crippen MR) is 74.4 cm³/mol. The first kappa shape index (κ1) is 9.72. The highest BCUT2D eigenvalue weighted by Gasteiger charge is 2.09. The second-order valence-corrected chi connectivity index (χ2v) is 4.11. The van der Waals surface area contributed by atoms with E-state index < -0.39 is 0 Å². The molecule has 0 aliphatic carbocycles. The highest BCUT2D eigenvalue weighted by molar-refractivity contribution is 5.83. The van der Waals surface area contributed by atoms with Crippen LogP contribution in [0.2, 0.25) is 0 Å². The van der Waals surface area contributed by atoms with Crippen molar-refractivity contribution in [1.29, 1.82) is 0 Å². The molecule has 87 valence electrons. The molecule has 0 aliphatic heterocycles. The van der Waals surface area contributed by atoms with Gasteiger partial charge in [-0.25, -0.2) is 0 Å². The minimum absolute atomic E-state index is 0.431. The molecule has 2 aromatic carbocycles. The zero-order valence-corrected chi connectivity index (χ0v) is 9.94. The maximum Gasteiger partial charge on any atom is 0.135 e. The summed E-state index contributed by atoms with van der Waals surface area (Å²) < 4.78 is 14.1. The molecule has 0 fully saturated rings. The largest absolute Gasteiger partial charge is 0.456 e. The smallest absolute Gasteiger partial charge is 0.135 e. The van der Waals surface area contributed by atoms with Crippen molar-refractivity contribution in [3.63, 3.8) is 0 Å². The van der Waals surface area contributed by atoms with Crippen LogP contribution in [0.3, 0.4) is 0 Å². The molecule has 18 heavy (non-hydrogen) atoms. The van der Waals surface area contributed by atoms with Gasteiger partial charge in [0.25, 0.3) is 0 Å². The van der Waals surface area contributed by atoms with Gasteiger partial charge in [-0.2, -0.15) is 0 Å². The molecule has 0 N–H and O–H groups in total. The zero-order chi connectivity index (χ0) is 13.2. The van der Waals surface area contributed by atoms with E-state index in [-0.39, 0.29) is 0 Å².